The zero-order valence-corrected chi connectivity index (χ0v) is 31.7. The number of cyclic esters (lactones) is 1. The van der Waals surface area contributed by atoms with E-state index in [9.17, 15) is 19.2 Å². The second-order valence-corrected chi connectivity index (χ2v) is 13.7. The highest BCUT2D eigenvalue weighted by atomic mass is 16.6. The molecule has 0 bridgehead atoms. The summed E-state index contributed by atoms with van der Waals surface area (Å²) in [7, 11) is 0. The maximum Gasteiger partial charge on any atom is 0.419 e. The Morgan fingerprint density at radius 2 is 1.67 bits per heavy atom. The van der Waals surface area contributed by atoms with Crippen LogP contribution in [0.3, 0.4) is 0 Å². The van der Waals surface area contributed by atoms with E-state index < -0.39 is 24.2 Å². The molecule has 3 heterocycles. The van der Waals surface area contributed by atoms with Crippen LogP contribution < -0.4 is 0 Å². The van der Waals surface area contributed by atoms with Gasteiger partial charge in [-0.1, -0.05) is 89.1 Å². The number of carbonyl (C=O) groups excluding carboxylic acids is 4. The lowest BCUT2D eigenvalue weighted by atomic mass is 9.84. The van der Waals surface area contributed by atoms with E-state index in [0.29, 0.717) is 12.0 Å². The molecule has 0 saturated heterocycles. The third kappa shape index (κ3) is 13.2. The summed E-state index contributed by atoms with van der Waals surface area (Å²) in [5.74, 6) is -0.832. The van der Waals surface area contributed by atoms with Crippen molar-refractivity contribution < 1.29 is 33.4 Å². The summed E-state index contributed by atoms with van der Waals surface area (Å²) in [6.07, 6.45) is 26.4. The van der Waals surface area contributed by atoms with Gasteiger partial charge in [-0.2, -0.15) is 0 Å². The first kappa shape index (κ1) is 41.4. The van der Waals surface area contributed by atoms with Gasteiger partial charge in [0, 0.05) is 36.8 Å². The average Bonchev–Trinajstić information content (AvgIpc) is 3.85. The number of aromatic nitrogens is 4. The molecule has 52 heavy (non-hydrogen) atoms. The molecule has 0 radical (unpaired) electrons. The minimum absolute atomic E-state index is 0.00739. The Balaban J connectivity index is 1.62. The maximum atomic E-state index is 13.8. The first-order chi connectivity index (χ1) is 24.8. The second-order valence-electron chi connectivity index (χ2n) is 13.7. The molecule has 0 N–H and O–H groups in total. The van der Waals surface area contributed by atoms with E-state index in [4.69, 9.17) is 14.2 Å². The van der Waals surface area contributed by atoms with Gasteiger partial charge >= 0.3 is 18.2 Å². The Labute approximate surface area is 307 Å². The quantitative estimate of drug-likeness (QED) is 0.0520. The van der Waals surface area contributed by atoms with E-state index in [1.165, 1.54) is 58.2 Å². The zero-order chi connectivity index (χ0) is 38.2. The topological polar surface area (TPSA) is 132 Å². The predicted octanol–water partition coefficient (Wildman–Crippen LogP) is 8.47. The largest absolute Gasteiger partial charge is 0.454 e. The Morgan fingerprint density at radius 3 is 2.31 bits per heavy atom. The lowest BCUT2D eigenvalue weighted by molar-refractivity contribution is -0.143. The molecule has 0 amide bonds. The van der Waals surface area contributed by atoms with Gasteiger partial charge in [-0.15, -0.1) is 0 Å². The molecule has 2 aromatic rings. The van der Waals surface area contributed by atoms with Crippen molar-refractivity contribution in [3.63, 3.8) is 0 Å². The molecule has 7 atom stereocenters. The van der Waals surface area contributed by atoms with Crippen LogP contribution in [0.25, 0.3) is 0 Å². The van der Waals surface area contributed by atoms with E-state index in [-0.39, 0.29) is 48.1 Å². The molecule has 3 rings (SSSR count). The van der Waals surface area contributed by atoms with Crippen LogP contribution in [-0.4, -0.2) is 61.9 Å². The highest BCUT2D eigenvalue weighted by molar-refractivity contribution is 5.97. The van der Waals surface area contributed by atoms with Crippen molar-refractivity contribution in [3.8, 4) is 0 Å². The SMILES string of the molecule is CCC(C=C[C@@H]1OC(=O)C=C[C@@H]1C)=C[C@H](C)C/C=C/C(C)C=C(C)C(=O)[C@@H](C)[C@H](OC(=O)n1ccnc1)[C@@H](C)CC(C)=CCOC(=O)n1ccnc1. The van der Waals surface area contributed by atoms with Crippen molar-refractivity contribution in [2.24, 2.45) is 29.6 Å². The fraction of sp³-hybridized carbons (Fsp3) is 0.463. The molecule has 280 valence electrons. The van der Waals surface area contributed by atoms with Gasteiger partial charge in [-0.05, 0) is 68.6 Å². The van der Waals surface area contributed by atoms with Crippen LogP contribution in [-0.2, 0) is 23.8 Å². The molecule has 0 saturated carbocycles. The van der Waals surface area contributed by atoms with Crippen molar-refractivity contribution in [2.45, 2.75) is 86.9 Å². The minimum Gasteiger partial charge on any atom is -0.454 e. The van der Waals surface area contributed by atoms with Crippen LogP contribution in [0.1, 0.15) is 74.7 Å². The normalized spacial score (nSPS) is 20.0. The van der Waals surface area contributed by atoms with Gasteiger partial charge in [0.25, 0.3) is 0 Å². The monoisotopic (exact) mass is 714 g/mol. The van der Waals surface area contributed by atoms with Crippen molar-refractivity contribution in [1.29, 1.82) is 0 Å². The lowest BCUT2D eigenvalue weighted by Gasteiger charge is -2.29. The first-order valence-corrected chi connectivity index (χ1v) is 18.0. The number of ether oxygens (including phenoxy) is 3. The second kappa shape index (κ2) is 20.7. The Hall–Kier alpha value is -5.06. The van der Waals surface area contributed by atoms with E-state index in [2.05, 4.69) is 48.1 Å². The molecule has 0 fully saturated rings. The van der Waals surface area contributed by atoms with Gasteiger partial charge in [-0.25, -0.2) is 33.5 Å². The molecule has 0 spiro atoms. The smallest absolute Gasteiger partial charge is 0.419 e. The average molecular weight is 715 g/mol. The van der Waals surface area contributed by atoms with Gasteiger partial charge in [0.2, 0.25) is 0 Å². The number of carbonyl (C=O) groups is 4. The minimum atomic E-state index is -0.729. The summed E-state index contributed by atoms with van der Waals surface area (Å²) in [4.78, 5) is 58.3. The van der Waals surface area contributed by atoms with Crippen LogP contribution in [0.15, 0.2) is 109 Å². The Bertz CT molecular complexity index is 1660. The number of imidazole rings is 2. The van der Waals surface area contributed by atoms with Crippen molar-refractivity contribution >= 4 is 23.9 Å². The summed E-state index contributed by atoms with van der Waals surface area (Å²) < 4.78 is 19.2. The third-order valence-electron chi connectivity index (χ3n) is 8.98. The summed E-state index contributed by atoms with van der Waals surface area (Å²) in [5, 5.41) is 0. The molecule has 1 aliphatic rings. The van der Waals surface area contributed by atoms with Gasteiger partial charge in [0.1, 0.15) is 31.5 Å². The van der Waals surface area contributed by atoms with Crippen LogP contribution in [0.4, 0.5) is 9.59 Å². The van der Waals surface area contributed by atoms with Crippen molar-refractivity contribution in [2.75, 3.05) is 6.61 Å². The number of Topliss-reactive ketones (excluding diaryl/α,β-unsaturated/α-hetero) is 1. The van der Waals surface area contributed by atoms with Gasteiger partial charge in [0.05, 0.1) is 5.92 Å². The van der Waals surface area contributed by atoms with Crippen molar-refractivity contribution in [3.05, 3.63) is 109 Å². The van der Waals surface area contributed by atoms with E-state index in [1.54, 1.807) is 19.9 Å². The molecule has 0 aromatic carbocycles. The number of allylic oxidation sites excluding steroid dienone is 8. The molecule has 2 aromatic heterocycles. The van der Waals surface area contributed by atoms with E-state index >= 15 is 0 Å². The molecule has 11 heteroatoms. The molecular formula is C41H54N4O7. The van der Waals surface area contributed by atoms with E-state index in [0.717, 1.165) is 18.4 Å². The summed E-state index contributed by atoms with van der Waals surface area (Å²) >= 11 is 0. The lowest BCUT2D eigenvalue weighted by Crippen LogP contribution is -2.37. The van der Waals surface area contributed by atoms with Crippen LogP contribution in [0.2, 0.25) is 0 Å². The third-order valence-corrected chi connectivity index (χ3v) is 8.98. The molecule has 1 unspecified atom stereocenters. The number of rotatable bonds is 17. The van der Waals surface area contributed by atoms with Crippen LogP contribution in [0, 0.1) is 29.6 Å². The molecule has 11 nitrogen and oxygen atoms in total. The van der Waals surface area contributed by atoms with Crippen LogP contribution in [0.5, 0.6) is 0 Å². The number of hydrogen-bond acceptors (Lipinski definition) is 9. The number of hydrogen-bond donors (Lipinski definition) is 0. The number of esters is 1. The zero-order valence-electron chi connectivity index (χ0n) is 31.7. The highest BCUT2D eigenvalue weighted by Crippen LogP contribution is 2.27. The van der Waals surface area contributed by atoms with Gasteiger partial charge < -0.3 is 14.2 Å². The Kier molecular flexibility index (Phi) is 16.5. The standard InChI is InChI=1S/C41H54N4O7/c1-9-35(14-15-36-31(5)13-16-37(46)51-36)25-29(3)12-10-11-28(2)23-32(6)38(47)34(8)39(52-41(49)45-21-19-43-27-45)33(7)24-30(4)17-22-50-40(48)44-20-18-42-26-44/h10-11,13-21,23,25-29,31,33-34,36,39H,9,12,22,24H2,1-8H3/b11-10+,15-14?,30-17?,32-23?,35-25?/t28?,29-,31+,33+,34-,36+,39-/m1/s1. The summed E-state index contributed by atoms with van der Waals surface area (Å²) in [5.41, 5.74) is 2.70. The first-order valence-electron chi connectivity index (χ1n) is 18.0. The molecular weight excluding hydrogens is 660 g/mol. The van der Waals surface area contributed by atoms with Gasteiger partial charge in [0.15, 0.2) is 5.78 Å². The van der Waals surface area contributed by atoms with E-state index in [1.807, 2.05) is 45.9 Å². The summed E-state index contributed by atoms with van der Waals surface area (Å²) in [6, 6.07) is 0. The van der Waals surface area contributed by atoms with Gasteiger partial charge in [-0.3, -0.25) is 4.79 Å². The molecule has 1 aliphatic heterocycles. The maximum absolute atomic E-state index is 13.8. The fourth-order valence-corrected chi connectivity index (χ4v) is 5.99. The molecule has 0 aliphatic carbocycles. The van der Waals surface area contributed by atoms with Crippen molar-refractivity contribution in [1.82, 2.24) is 19.1 Å². The number of ketones is 1. The summed E-state index contributed by atoms with van der Waals surface area (Å²) in [6.45, 7) is 15.8. The van der Waals surface area contributed by atoms with Crippen LogP contribution >= 0.6 is 0 Å². The number of nitrogens with zero attached hydrogens (tertiary/aromatic N) is 4. The highest BCUT2D eigenvalue weighted by Gasteiger charge is 2.33. The Morgan fingerprint density at radius 1 is 1.00 bits per heavy atom. The predicted molar refractivity (Wildman–Crippen MR) is 200 cm³/mol. The fourth-order valence-electron chi connectivity index (χ4n) is 5.99.